The van der Waals surface area contributed by atoms with Crippen LogP contribution in [0.25, 0.3) is 0 Å². The Morgan fingerprint density at radius 3 is 2.75 bits per heavy atom. The topological polar surface area (TPSA) is 66.8 Å². The molecule has 1 heterocycles. The van der Waals surface area contributed by atoms with Crippen molar-refractivity contribution in [3.63, 3.8) is 0 Å². The van der Waals surface area contributed by atoms with Gasteiger partial charge in [-0.1, -0.05) is 36.4 Å². The number of rotatable bonds is 2. The van der Waals surface area contributed by atoms with Crippen LogP contribution in [0.2, 0.25) is 0 Å². The van der Waals surface area contributed by atoms with Crippen molar-refractivity contribution in [2.24, 2.45) is 5.92 Å². The van der Waals surface area contributed by atoms with E-state index in [1.54, 1.807) is 18.2 Å². The van der Waals surface area contributed by atoms with Gasteiger partial charge in [-0.25, -0.2) is 0 Å². The van der Waals surface area contributed by atoms with Crippen molar-refractivity contribution < 1.29 is 19.7 Å². The van der Waals surface area contributed by atoms with Gasteiger partial charge in [0.1, 0.15) is 17.3 Å². The van der Waals surface area contributed by atoms with Crippen LogP contribution in [0.5, 0.6) is 11.5 Å². The fourth-order valence-electron chi connectivity index (χ4n) is 3.48. The summed E-state index contributed by atoms with van der Waals surface area (Å²) in [5.74, 6) is 0.899. The van der Waals surface area contributed by atoms with Crippen LogP contribution in [-0.2, 0) is 11.4 Å². The van der Waals surface area contributed by atoms with Crippen molar-refractivity contribution in [1.82, 2.24) is 0 Å². The van der Waals surface area contributed by atoms with E-state index in [0.717, 1.165) is 16.7 Å². The Hall–Kier alpha value is -2.85. The molecule has 2 aromatic carbocycles. The zero-order valence-electron chi connectivity index (χ0n) is 12.8. The molecule has 4 nitrogen and oxygen atoms in total. The monoisotopic (exact) mass is 320 g/mol. The number of ketones is 1. The molecule has 4 heteroatoms. The summed E-state index contributed by atoms with van der Waals surface area (Å²) in [6, 6.07) is 12.7. The third-order valence-electron chi connectivity index (χ3n) is 4.56. The number of benzene rings is 2. The molecule has 24 heavy (non-hydrogen) atoms. The SMILES string of the molecule is O=C1C=CC2C(=C1)Oc1cc(O)ccc1C2c1ccccc1CO. The minimum Gasteiger partial charge on any atom is -0.508 e. The van der Waals surface area contributed by atoms with Crippen LogP contribution < -0.4 is 4.74 Å². The number of hydrogen-bond donors (Lipinski definition) is 2. The number of carbonyl (C=O) groups excluding carboxylic acids is 1. The highest BCUT2D eigenvalue weighted by molar-refractivity contribution is 6.00. The number of hydrogen-bond acceptors (Lipinski definition) is 4. The van der Waals surface area contributed by atoms with Crippen molar-refractivity contribution in [2.75, 3.05) is 0 Å². The zero-order valence-corrected chi connectivity index (χ0v) is 12.8. The first-order valence-corrected chi connectivity index (χ1v) is 7.80. The van der Waals surface area contributed by atoms with Crippen LogP contribution in [0, 0.1) is 5.92 Å². The van der Waals surface area contributed by atoms with Gasteiger partial charge in [0.25, 0.3) is 0 Å². The van der Waals surface area contributed by atoms with E-state index >= 15 is 0 Å². The largest absolute Gasteiger partial charge is 0.508 e. The lowest BCUT2D eigenvalue weighted by Crippen LogP contribution is -2.27. The number of aliphatic hydroxyl groups is 1. The van der Waals surface area contributed by atoms with Gasteiger partial charge in [0.15, 0.2) is 5.78 Å². The lowest BCUT2D eigenvalue weighted by molar-refractivity contribution is -0.110. The standard InChI is InChI=1S/C20H16O4/c21-11-12-3-1-2-4-15(12)20-16-7-5-13(22)9-18(16)24-19-10-14(23)6-8-17(19)20/h1-10,16,20-21,23H,11H2. The highest BCUT2D eigenvalue weighted by Gasteiger charge is 2.37. The highest BCUT2D eigenvalue weighted by atomic mass is 16.5. The molecule has 0 spiro atoms. The van der Waals surface area contributed by atoms with Gasteiger partial charge in [-0.15, -0.1) is 0 Å². The van der Waals surface area contributed by atoms with Crippen molar-refractivity contribution in [1.29, 1.82) is 0 Å². The van der Waals surface area contributed by atoms with Gasteiger partial charge in [-0.2, -0.15) is 0 Å². The van der Waals surface area contributed by atoms with Crippen LogP contribution in [0.3, 0.4) is 0 Å². The number of fused-ring (bicyclic) bond motifs is 2. The fraction of sp³-hybridized carbons (Fsp3) is 0.150. The predicted octanol–water partition coefficient (Wildman–Crippen LogP) is 3.05. The maximum absolute atomic E-state index is 11.7. The number of phenolic OH excluding ortho intramolecular Hbond substituents is 1. The Labute approximate surface area is 139 Å². The maximum Gasteiger partial charge on any atom is 0.181 e. The van der Waals surface area contributed by atoms with Crippen LogP contribution in [0.15, 0.2) is 66.5 Å². The Bertz CT molecular complexity index is 879. The number of carbonyl (C=O) groups is 1. The highest BCUT2D eigenvalue weighted by Crippen LogP contribution is 2.48. The lowest BCUT2D eigenvalue weighted by atomic mass is 9.74. The molecule has 2 aliphatic rings. The number of aromatic hydroxyl groups is 1. The lowest BCUT2D eigenvalue weighted by Gasteiger charge is -2.36. The Kier molecular flexibility index (Phi) is 3.47. The van der Waals surface area contributed by atoms with Gasteiger partial charge in [0.2, 0.25) is 0 Å². The summed E-state index contributed by atoms with van der Waals surface area (Å²) < 4.78 is 5.88. The summed E-state index contributed by atoms with van der Waals surface area (Å²) in [5, 5.41) is 19.5. The second-order valence-electron chi connectivity index (χ2n) is 5.99. The molecule has 0 bridgehead atoms. The van der Waals surface area contributed by atoms with E-state index in [1.807, 2.05) is 36.4 Å². The first-order chi connectivity index (χ1) is 11.7. The molecule has 2 N–H and O–H groups in total. The molecule has 0 amide bonds. The fourth-order valence-corrected chi connectivity index (χ4v) is 3.48. The summed E-state index contributed by atoms with van der Waals surface area (Å²) in [6.45, 7) is -0.0602. The minimum absolute atomic E-state index is 0.0602. The molecule has 0 fully saturated rings. The molecule has 0 aromatic heterocycles. The van der Waals surface area contributed by atoms with E-state index in [2.05, 4.69) is 0 Å². The van der Waals surface area contributed by atoms with E-state index in [9.17, 15) is 15.0 Å². The zero-order chi connectivity index (χ0) is 16.7. The van der Waals surface area contributed by atoms with Crippen LogP contribution in [0.1, 0.15) is 22.6 Å². The van der Waals surface area contributed by atoms with E-state index in [-0.39, 0.29) is 30.0 Å². The number of aliphatic hydroxyl groups excluding tert-OH is 1. The average Bonchev–Trinajstić information content (AvgIpc) is 2.59. The molecular weight excluding hydrogens is 304 g/mol. The molecule has 0 saturated heterocycles. The molecule has 1 aliphatic heterocycles. The first kappa shape index (κ1) is 14.7. The predicted molar refractivity (Wildman–Crippen MR) is 88.7 cm³/mol. The van der Waals surface area contributed by atoms with Gasteiger partial charge < -0.3 is 14.9 Å². The summed E-state index contributed by atoms with van der Waals surface area (Å²) in [4.78, 5) is 11.7. The Balaban J connectivity index is 1.94. The minimum atomic E-state index is -0.118. The molecular formula is C20H16O4. The van der Waals surface area contributed by atoms with Crippen molar-refractivity contribution >= 4 is 5.78 Å². The van der Waals surface area contributed by atoms with E-state index in [4.69, 9.17) is 4.74 Å². The first-order valence-electron chi connectivity index (χ1n) is 7.80. The van der Waals surface area contributed by atoms with E-state index < -0.39 is 0 Å². The number of ether oxygens (including phenoxy) is 1. The number of phenols is 1. The van der Waals surface area contributed by atoms with Crippen molar-refractivity contribution in [3.8, 4) is 11.5 Å². The Morgan fingerprint density at radius 2 is 1.92 bits per heavy atom. The van der Waals surface area contributed by atoms with Gasteiger partial charge in [-0.05, 0) is 23.3 Å². The van der Waals surface area contributed by atoms with Crippen LogP contribution in [-0.4, -0.2) is 16.0 Å². The normalized spacial score (nSPS) is 21.5. The van der Waals surface area contributed by atoms with E-state index in [0.29, 0.717) is 11.5 Å². The van der Waals surface area contributed by atoms with Crippen LogP contribution >= 0.6 is 0 Å². The van der Waals surface area contributed by atoms with Crippen LogP contribution in [0.4, 0.5) is 0 Å². The molecule has 2 aromatic rings. The summed E-state index contributed by atoms with van der Waals surface area (Å²) in [5.41, 5.74) is 2.76. The molecule has 4 rings (SSSR count). The molecule has 0 radical (unpaired) electrons. The number of allylic oxidation sites excluding steroid dienone is 3. The van der Waals surface area contributed by atoms with E-state index in [1.165, 1.54) is 6.08 Å². The van der Waals surface area contributed by atoms with Gasteiger partial charge >= 0.3 is 0 Å². The molecule has 0 saturated carbocycles. The molecule has 2 atom stereocenters. The Morgan fingerprint density at radius 1 is 1.08 bits per heavy atom. The van der Waals surface area contributed by atoms with Gasteiger partial charge in [-0.3, -0.25) is 4.79 Å². The van der Waals surface area contributed by atoms with Gasteiger partial charge in [0.05, 0.1) is 6.61 Å². The summed E-state index contributed by atoms with van der Waals surface area (Å²) in [7, 11) is 0. The molecule has 120 valence electrons. The summed E-state index contributed by atoms with van der Waals surface area (Å²) in [6.07, 6.45) is 4.90. The summed E-state index contributed by atoms with van der Waals surface area (Å²) >= 11 is 0. The average molecular weight is 320 g/mol. The smallest absolute Gasteiger partial charge is 0.181 e. The molecule has 1 aliphatic carbocycles. The van der Waals surface area contributed by atoms with Crippen molar-refractivity contribution in [3.05, 3.63) is 83.1 Å². The van der Waals surface area contributed by atoms with Gasteiger partial charge in [0, 0.05) is 29.5 Å². The van der Waals surface area contributed by atoms with Crippen molar-refractivity contribution in [2.45, 2.75) is 12.5 Å². The maximum atomic E-state index is 11.7. The second kappa shape index (κ2) is 5.65. The quantitative estimate of drug-likeness (QED) is 0.892. The third kappa shape index (κ3) is 2.32. The second-order valence-corrected chi connectivity index (χ2v) is 5.99. The molecule has 2 unspecified atom stereocenters. The third-order valence-corrected chi connectivity index (χ3v) is 4.56.